The molecule has 5 nitrogen and oxygen atoms in total. The maximum absolute atomic E-state index is 13.1. The predicted octanol–water partition coefficient (Wildman–Crippen LogP) is 3.41. The Kier molecular flexibility index (Phi) is 5.87. The molecule has 1 aromatic rings. The lowest BCUT2D eigenvalue weighted by Crippen LogP contribution is -2.42. The standard InChI is InChI=1S/C15H20F2N2O3/c1-15(2,3)22-14(20)19(18)9-12(13(16)17)10-5-7-11(21-4)8-6-10/h5-8H,9,18H2,1-4H3. The minimum atomic E-state index is -1.91. The largest absolute Gasteiger partial charge is 0.497 e. The molecule has 0 saturated heterocycles. The molecule has 0 aromatic heterocycles. The summed E-state index contributed by atoms with van der Waals surface area (Å²) in [7, 11) is 1.48. The summed E-state index contributed by atoms with van der Waals surface area (Å²) < 4.78 is 36.3. The fraction of sp³-hybridized carbons (Fsp3) is 0.400. The van der Waals surface area contributed by atoms with Crippen molar-refractivity contribution >= 4 is 11.7 Å². The molecule has 1 amide bonds. The normalized spacial score (nSPS) is 10.9. The number of carbonyl (C=O) groups is 1. The van der Waals surface area contributed by atoms with Crippen LogP contribution in [0.1, 0.15) is 26.3 Å². The lowest BCUT2D eigenvalue weighted by molar-refractivity contribution is 0.0273. The fourth-order valence-corrected chi connectivity index (χ4v) is 1.61. The molecule has 22 heavy (non-hydrogen) atoms. The Morgan fingerprint density at radius 1 is 1.23 bits per heavy atom. The van der Waals surface area contributed by atoms with Crippen molar-refractivity contribution in [2.45, 2.75) is 26.4 Å². The van der Waals surface area contributed by atoms with Gasteiger partial charge in [-0.3, -0.25) is 0 Å². The molecule has 0 aliphatic carbocycles. The Balaban J connectivity index is 2.89. The maximum Gasteiger partial charge on any atom is 0.424 e. The van der Waals surface area contributed by atoms with Gasteiger partial charge in [-0.15, -0.1) is 0 Å². The van der Waals surface area contributed by atoms with Crippen molar-refractivity contribution in [3.63, 3.8) is 0 Å². The Morgan fingerprint density at radius 3 is 2.18 bits per heavy atom. The number of hydrogen-bond acceptors (Lipinski definition) is 4. The molecule has 0 fully saturated rings. The van der Waals surface area contributed by atoms with Crippen molar-refractivity contribution in [2.24, 2.45) is 5.84 Å². The maximum atomic E-state index is 13.1. The Hall–Kier alpha value is -2.15. The van der Waals surface area contributed by atoms with E-state index in [4.69, 9.17) is 15.3 Å². The molecule has 0 radical (unpaired) electrons. The van der Waals surface area contributed by atoms with E-state index in [9.17, 15) is 13.6 Å². The van der Waals surface area contributed by atoms with Crippen LogP contribution in [-0.4, -0.2) is 30.4 Å². The van der Waals surface area contributed by atoms with Gasteiger partial charge in [-0.2, -0.15) is 8.78 Å². The highest BCUT2D eigenvalue weighted by atomic mass is 19.3. The van der Waals surface area contributed by atoms with E-state index >= 15 is 0 Å². The number of ether oxygens (including phenoxy) is 2. The molecule has 2 N–H and O–H groups in total. The van der Waals surface area contributed by atoms with Gasteiger partial charge in [-0.25, -0.2) is 15.6 Å². The van der Waals surface area contributed by atoms with Crippen LogP contribution in [0.2, 0.25) is 0 Å². The van der Waals surface area contributed by atoms with Crippen molar-refractivity contribution in [1.29, 1.82) is 0 Å². The first-order valence-corrected chi connectivity index (χ1v) is 6.58. The summed E-state index contributed by atoms with van der Waals surface area (Å²) >= 11 is 0. The summed E-state index contributed by atoms with van der Waals surface area (Å²) in [6.07, 6.45) is -2.79. The third kappa shape index (κ3) is 5.33. The zero-order valence-corrected chi connectivity index (χ0v) is 13.0. The van der Waals surface area contributed by atoms with Crippen LogP contribution in [0.3, 0.4) is 0 Å². The van der Waals surface area contributed by atoms with Crippen molar-refractivity contribution < 1.29 is 23.0 Å². The van der Waals surface area contributed by atoms with Gasteiger partial charge in [0.1, 0.15) is 11.4 Å². The number of hydrogen-bond donors (Lipinski definition) is 1. The minimum Gasteiger partial charge on any atom is -0.497 e. The first-order chi connectivity index (χ1) is 10.1. The third-order valence-corrected chi connectivity index (χ3v) is 2.62. The second-order valence-electron chi connectivity index (χ2n) is 5.58. The van der Waals surface area contributed by atoms with E-state index in [1.165, 1.54) is 19.2 Å². The van der Waals surface area contributed by atoms with E-state index in [1.54, 1.807) is 32.9 Å². The summed E-state index contributed by atoms with van der Waals surface area (Å²) in [6.45, 7) is 4.52. The monoisotopic (exact) mass is 314 g/mol. The molecule has 0 unspecified atom stereocenters. The molecule has 1 rings (SSSR count). The first kappa shape index (κ1) is 17.9. The lowest BCUT2D eigenvalue weighted by atomic mass is 10.1. The van der Waals surface area contributed by atoms with Crippen LogP contribution in [0, 0.1) is 0 Å². The highest BCUT2D eigenvalue weighted by Crippen LogP contribution is 2.24. The van der Waals surface area contributed by atoms with Crippen LogP contribution >= 0.6 is 0 Å². The summed E-state index contributed by atoms with van der Waals surface area (Å²) in [5, 5.41) is 0.615. The highest BCUT2D eigenvalue weighted by Gasteiger charge is 2.22. The highest BCUT2D eigenvalue weighted by molar-refractivity contribution is 5.74. The molecule has 122 valence electrons. The molecular weight excluding hydrogens is 294 g/mol. The zero-order valence-electron chi connectivity index (χ0n) is 13.0. The van der Waals surface area contributed by atoms with Crippen LogP contribution in [0.5, 0.6) is 5.75 Å². The van der Waals surface area contributed by atoms with Crippen molar-refractivity contribution in [3.05, 3.63) is 35.9 Å². The van der Waals surface area contributed by atoms with Gasteiger partial charge in [-0.1, -0.05) is 12.1 Å². The van der Waals surface area contributed by atoms with E-state index in [0.29, 0.717) is 10.8 Å². The van der Waals surface area contributed by atoms with Gasteiger partial charge >= 0.3 is 6.09 Å². The van der Waals surface area contributed by atoms with Crippen molar-refractivity contribution in [3.8, 4) is 5.75 Å². The quantitative estimate of drug-likeness (QED) is 0.525. The molecule has 0 saturated carbocycles. The van der Waals surface area contributed by atoms with Crippen molar-refractivity contribution in [2.75, 3.05) is 13.7 Å². The number of nitrogens with two attached hydrogens (primary N) is 1. The summed E-state index contributed by atoms with van der Waals surface area (Å²) in [5.74, 6) is 6.06. The summed E-state index contributed by atoms with van der Waals surface area (Å²) in [4.78, 5) is 11.7. The van der Waals surface area contributed by atoms with Crippen molar-refractivity contribution in [1.82, 2.24) is 5.01 Å². The number of carbonyl (C=O) groups excluding carboxylic acids is 1. The van der Waals surface area contributed by atoms with Gasteiger partial charge in [0.05, 0.1) is 13.7 Å². The Labute approximate surface area is 128 Å². The number of rotatable bonds is 4. The molecule has 7 heteroatoms. The van der Waals surface area contributed by atoms with Gasteiger partial charge in [0, 0.05) is 5.57 Å². The lowest BCUT2D eigenvalue weighted by Gasteiger charge is -2.24. The second-order valence-corrected chi connectivity index (χ2v) is 5.58. The van der Waals surface area contributed by atoms with Gasteiger partial charge in [-0.05, 0) is 38.5 Å². The number of benzene rings is 1. The Bertz CT molecular complexity index is 547. The number of halogens is 2. The van der Waals surface area contributed by atoms with E-state index in [0.717, 1.165) is 0 Å². The van der Waals surface area contributed by atoms with Gasteiger partial charge in [0.25, 0.3) is 6.08 Å². The van der Waals surface area contributed by atoms with E-state index in [-0.39, 0.29) is 11.1 Å². The molecular formula is C15H20F2N2O3. The summed E-state index contributed by atoms with van der Waals surface area (Å²) in [5.41, 5.74) is -0.858. The molecule has 0 atom stereocenters. The topological polar surface area (TPSA) is 64.8 Å². The van der Waals surface area contributed by atoms with Crippen LogP contribution in [0.25, 0.3) is 5.57 Å². The molecule has 0 heterocycles. The molecule has 0 bridgehead atoms. The first-order valence-electron chi connectivity index (χ1n) is 6.58. The second kappa shape index (κ2) is 7.22. The fourth-order valence-electron chi connectivity index (χ4n) is 1.61. The van der Waals surface area contributed by atoms with E-state index in [1.807, 2.05) is 0 Å². The van der Waals surface area contributed by atoms with Crippen LogP contribution < -0.4 is 10.6 Å². The number of methoxy groups -OCH3 is 1. The average molecular weight is 314 g/mol. The van der Waals surface area contributed by atoms with Gasteiger partial charge < -0.3 is 9.47 Å². The average Bonchev–Trinajstić information content (AvgIpc) is 2.42. The number of amides is 1. The third-order valence-electron chi connectivity index (χ3n) is 2.62. The predicted molar refractivity (Wildman–Crippen MR) is 79.3 cm³/mol. The number of hydrazine groups is 1. The smallest absolute Gasteiger partial charge is 0.424 e. The molecule has 0 spiro atoms. The summed E-state index contributed by atoms with van der Waals surface area (Å²) in [6, 6.07) is 6.03. The molecule has 1 aromatic carbocycles. The van der Waals surface area contributed by atoms with Crippen LogP contribution in [0.15, 0.2) is 30.3 Å². The van der Waals surface area contributed by atoms with E-state index < -0.39 is 24.3 Å². The molecule has 0 aliphatic rings. The SMILES string of the molecule is COc1ccc(C(CN(N)C(=O)OC(C)(C)C)=C(F)F)cc1. The molecule has 0 aliphatic heterocycles. The number of nitrogens with zero attached hydrogens (tertiary/aromatic N) is 1. The zero-order chi connectivity index (χ0) is 16.9. The van der Waals surface area contributed by atoms with Gasteiger partial charge in [0.2, 0.25) is 0 Å². The Morgan fingerprint density at radius 2 is 1.77 bits per heavy atom. The van der Waals surface area contributed by atoms with Gasteiger partial charge in [0.15, 0.2) is 0 Å². The van der Waals surface area contributed by atoms with Crippen LogP contribution in [0.4, 0.5) is 13.6 Å². The minimum absolute atomic E-state index is 0.250. The van der Waals surface area contributed by atoms with Crippen LogP contribution in [-0.2, 0) is 4.74 Å². The van der Waals surface area contributed by atoms with E-state index in [2.05, 4.69) is 0 Å².